The maximum absolute atomic E-state index is 12.4. The molecule has 3 aromatic rings. The van der Waals surface area contributed by atoms with Crippen LogP contribution in [0.3, 0.4) is 0 Å². The molecule has 1 aromatic heterocycles. The molecule has 0 saturated carbocycles. The van der Waals surface area contributed by atoms with Crippen LogP contribution in [0.15, 0.2) is 66.1 Å². The van der Waals surface area contributed by atoms with E-state index in [1.165, 1.54) is 11.8 Å². The van der Waals surface area contributed by atoms with E-state index in [4.69, 9.17) is 11.6 Å². The molecule has 2 aromatic carbocycles. The quantitative estimate of drug-likeness (QED) is 0.615. The molecule has 0 aliphatic rings. The van der Waals surface area contributed by atoms with Crippen LogP contribution >= 0.6 is 23.4 Å². The number of carbonyl (C=O) groups is 1. The van der Waals surface area contributed by atoms with Crippen molar-refractivity contribution >= 4 is 29.3 Å². The van der Waals surface area contributed by atoms with Crippen molar-refractivity contribution in [2.75, 3.05) is 5.75 Å². The third-order valence-electron chi connectivity index (χ3n) is 3.90. The topological polar surface area (TPSA) is 59.8 Å². The number of nitrogens with zero attached hydrogens (tertiary/aromatic N) is 3. The van der Waals surface area contributed by atoms with E-state index < -0.39 is 0 Å². The van der Waals surface area contributed by atoms with E-state index >= 15 is 0 Å². The number of para-hydroxylation sites is 1. The van der Waals surface area contributed by atoms with Crippen LogP contribution in [0.25, 0.3) is 5.69 Å². The summed E-state index contributed by atoms with van der Waals surface area (Å²) >= 11 is 7.29. The van der Waals surface area contributed by atoms with Gasteiger partial charge in [0.2, 0.25) is 5.91 Å². The van der Waals surface area contributed by atoms with Gasteiger partial charge in [0.1, 0.15) is 6.33 Å². The van der Waals surface area contributed by atoms with Crippen molar-refractivity contribution in [1.29, 1.82) is 0 Å². The van der Waals surface area contributed by atoms with Gasteiger partial charge in [0, 0.05) is 10.7 Å². The van der Waals surface area contributed by atoms with Crippen LogP contribution in [0.2, 0.25) is 5.02 Å². The van der Waals surface area contributed by atoms with Crippen LogP contribution in [-0.4, -0.2) is 26.4 Å². The summed E-state index contributed by atoms with van der Waals surface area (Å²) in [5.41, 5.74) is 2.01. The maximum Gasteiger partial charge on any atom is 0.230 e. The molecular weight excluding hydrogens is 368 g/mol. The Kier molecular flexibility index (Phi) is 6.30. The predicted molar refractivity (Wildman–Crippen MR) is 105 cm³/mol. The van der Waals surface area contributed by atoms with Crippen molar-refractivity contribution in [3.8, 4) is 5.69 Å². The molecule has 0 aliphatic carbocycles. The zero-order chi connectivity index (χ0) is 18.4. The Hall–Kier alpha value is -2.31. The monoisotopic (exact) mass is 386 g/mol. The molecule has 0 radical (unpaired) electrons. The summed E-state index contributed by atoms with van der Waals surface area (Å²) in [5, 5.41) is 12.5. The summed E-state index contributed by atoms with van der Waals surface area (Å²) in [6.07, 6.45) is 2.45. The minimum Gasteiger partial charge on any atom is -0.349 e. The number of amides is 1. The van der Waals surface area contributed by atoms with Gasteiger partial charge in [-0.05, 0) is 36.2 Å². The second kappa shape index (κ2) is 8.87. The van der Waals surface area contributed by atoms with Crippen LogP contribution in [0.4, 0.5) is 0 Å². The van der Waals surface area contributed by atoms with Crippen LogP contribution in [0.5, 0.6) is 0 Å². The molecule has 1 unspecified atom stereocenters. The fourth-order valence-electron chi connectivity index (χ4n) is 2.57. The molecule has 0 fully saturated rings. The zero-order valence-electron chi connectivity index (χ0n) is 14.3. The van der Waals surface area contributed by atoms with Crippen molar-refractivity contribution in [3.05, 3.63) is 71.5 Å². The molecule has 26 heavy (non-hydrogen) atoms. The van der Waals surface area contributed by atoms with Gasteiger partial charge in [-0.25, -0.2) is 0 Å². The van der Waals surface area contributed by atoms with E-state index in [0.717, 1.165) is 17.7 Å². The Bertz CT molecular complexity index is 851. The molecule has 134 valence electrons. The van der Waals surface area contributed by atoms with E-state index in [1.54, 1.807) is 6.33 Å². The van der Waals surface area contributed by atoms with Gasteiger partial charge >= 0.3 is 0 Å². The number of carbonyl (C=O) groups excluding carboxylic acids is 1. The fraction of sp³-hybridized carbons (Fsp3) is 0.211. The summed E-state index contributed by atoms with van der Waals surface area (Å²) in [7, 11) is 0. The third kappa shape index (κ3) is 4.65. The number of rotatable bonds is 7. The van der Waals surface area contributed by atoms with Crippen molar-refractivity contribution < 1.29 is 4.79 Å². The van der Waals surface area contributed by atoms with Gasteiger partial charge in [0.15, 0.2) is 5.16 Å². The fourth-order valence-corrected chi connectivity index (χ4v) is 3.44. The summed E-state index contributed by atoms with van der Waals surface area (Å²) in [4.78, 5) is 12.4. The molecule has 0 spiro atoms. The SMILES string of the molecule is CCC(NC(=O)CSc1nncn1-c1ccccc1)c1ccc(Cl)cc1. The second-order valence-electron chi connectivity index (χ2n) is 5.69. The smallest absolute Gasteiger partial charge is 0.230 e. The van der Waals surface area contributed by atoms with E-state index in [0.29, 0.717) is 10.2 Å². The van der Waals surface area contributed by atoms with Crippen molar-refractivity contribution in [2.45, 2.75) is 24.5 Å². The first-order valence-corrected chi connectivity index (χ1v) is 9.66. The molecule has 1 heterocycles. The summed E-state index contributed by atoms with van der Waals surface area (Å²) in [5.74, 6) is 0.231. The minimum absolute atomic E-state index is 0.0349. The number of hydrogen-bond donors (Lipinski definition) is 1. The normalized spacial score (nSPS) is 11.9. The highest BCUT2D eigenvalue weighted by Crippen LogP contribution is 2.21. The number of halogens is 1. The molecule has 1 N–H and O–H groups in total. The number of nitrogens with one attached hydrogen (secondary N) is 1. The van der Waals surface area contributed by atoms with E-state index in [9.17, 15) is 4.79 Å². The Morgan fingerprint density at radius 3 is 2.62 bits per heavy atom. The third-order valence-corrected chi connectivity index (χ3v) is 5.09. The van der Waals surface area contributed by atoms with E-state index in [1.807, 2.05) is 66.1 Å². The number of benzene rings is 2. The second-order valence-corrected chi connectivity index (χ2v) is 7.07. The maximum atomic E-state index is 12.4. The van der Waals surface area contributed by atoms with E-state index in [2.05, 4.69) is 15.5 Å². The largest absolute Gasteiger partial charge is 0.349 e. The molecular formula is C19H19ClN4OS. The standard InChI is InChI=1S/C19H19ClN4OS/c1-2-17(14-8-10-15(20)11-9-14)22-18(25)12-26-19-23-21-13-24(19)16-6-4-3-5-7-16/h3-11,13,17H,2,12H2,1H3,(H,22,25). The molecule has 0 bridgehead atoms. The Labute approximate surface area is 161 Å². The van der Waals surface area contributed by atoms with Crippen molar-refractivity contribution in [3.63, 3.8) is 0 Å². The number of thioether (sulfide) groups is 1. The van der Waals surface area contributed by atoms with Crippen LogP contribution in [-0.2, 0) is 4.79 Å². The first-order valence-electron chi connectivity index (χ1n) is 8.30. The summed E-state index contributed by atoms with van der Waals surface area (Å²) < 4.78 is 1.87. The average Bonchev–Trinajstić information content (AvgIpc) is 3.14. The molecule has 3 rings (SSSR count). The molecule has 0 aliphatic heterocycles. The summed E-state index contributed by atoms with van der Waals surface area (Å²) in [6.45, 7) is 2.04. The number of hydrogen-bond acceptors (Lipinski definition) is 4. The van der Waals surface area contributed by atoms with Gasteiger partial charge in [-0.1, -0.05) is 60.6 Å². The molecule has 1 amide bonds. The Morgan fingerprint density at radius 2 is 1.92 bits per heavy atom. The highest BCUT2D eigenvalue weighted by Gasteiger charge is 2.15. The lowest BCUT2D eigenvalue weighted by Gasteiger charge is -2.17. The lowest BCUT2D eigenvalue weighted by atomic mass is 10.0. The molecule has 1 atom stereocenters. The van der Waals surface area contributed by atoms with Gasteiger partial charge in [-0.3, -0.25) is 9.36 Å². The zero-order valence-corrected chi connectivity index (χ0v) is 15.9. The highest BCUT2D eigenvalue weighted by molar-refractivity contribution is 7.99. The van der Waals surface area contributed by atoms with Crippen molar-refractivity contribution in [2.24, 2.45) is 0 Å². The lowest BCUT2D eigenvalue weighted by Crippen LogP contribution is -2.29. The minimum atomic E-state index is -0.0422. The van der Waals surface area contributed by atoms with Crippen LogP contribution in [0.1, 0.15) is 24.9 Å². The Morgan fingerprint density at radius 1 is 1.19 bits per heavy atom. The average molecular weight is 387 g/mol. The first-order chi connectivity index (χ1) is 12.7. The van der Waals surface area contributed by atoms with Gasteiger partial charge in [0.25, 0.3) is 0 Å². The van der Waals surface area contributed by atoms with Crippen molar-refractivity contribution in [1.82, 2.24) is 20.1 Å². The Balaban J connectivity index is 1.61. The van der Waals surface area contributed by atoms with Gasteiger partial charge in [-0.2, -0.15) is 0 Å². The molecule has 7 heteroatoms. The summed E-state index contributed by atoms with van der Waals surface area (Å²) in [6, 6.07) is 17.3. The first kappa shape index (κ1) is 18.5. The van der Waals surface area contributed by atoms with Crippen LogP contribution < -0.4 is 5.32 Å². The molecule has 0 saturated heterocycles. The van der Waals surface area contributed by atoms with Gasteiger partial charge in [-0.15, -0.1) is 10.2 Å². The van der Waals surface area contributed by atoms with Gasteiger partial charge in [0.05, 0.1) is 11.8 Å². The molecule has 5 nitrogen and oxygen atoms in total. The van der Waals surface area contributed by atoms with Gasteiger partial charge < -0.3 is 5.32 Å². The number of aromatic nitrogens is 3. The predicted octanol–water partition coefficient (Wildman–Crippen LogP) is 4.28. The lowest BCUT2D eigenvalue weighted by molar-refractivity contribution is -0.119. The van der Waals surface area contributed by atoms with E-state index in [-0.39, 0.29) is 17.7 Å². The van der Waals surface area contributed by atoms with Crippen LogP contribution in [0, 0.1) is 0 Å². The highest BCUT2D eigenvalue weighted by atomic mass is 35.5.